The first-order valence-corrected chi connectivity index (χ1v) is 11.8. The molecule has 0 radical (unpaired) electrons. The molecule has 33 heavy (non-hydrogen) atoms. The van der Waals surface area contributed by atoms with Crippen molar-refractivity contribution in [1.82, 2.24) is 9.88 Å². The Balaban J connectivity index is 1.50. The van der Waals surface area contributed by atoms with Gasteiger partial charge in [0.05, 0.1) is 30.7 Å². The molecule has 1 aromatic heterocycles. The van der Waals surface area contributed by atoms with Crippen LogP contribution in [0, 0.1) is 11.7 Å². The van der Waals surface area contributed by atoms with Gasteiger partial charge in [-0.05, 0) is 75.9 Å². The first-order chi connectivity index (χ1) is 15.9. The fourth-order valence-electron chi connectivity index (χ4n) is 4.08. The Hall–Kier alpha value is -2.54. The van der Waals surface area contributed by atoms with Crippen molar-refractivity contribution >= 4 is 5.97 Å². The summed E-state index contributed by atoms with van der Waals surface area (Å²) < 4.78 is 39.7. The van der Waals surface area contributed by atoms with Crippen LogP contribution in [0.15, 0.2) is 36.5 Å². The number of carbonyl (C=O) groups excluding carboxylic acids is 1. The molecule has 0 saturated carbocycles. The topological polar surface area (TPSA) is 51.7 Å². The van der Waals surface area contributed by atoms with Crippen LogP contribution in [0.3, 0.4) is 0 Å². The second-order valence-corrected chi connectivity index (χ2v) is 8.68. The molecular formula is C26H34F2N2O3. The number of hydrogen-bond acceptors (Lipinski definition) is 5. The van der Waals surface area contributed by atoms with E-state index in [-0.39, 0.29) is 12.2 Å². The van der Waals surface area contributed by atoms with Crippen LogP contribution in [0.5, 0.6) is 5.75 Å². The third kappa shape index (κ3) is 6.73. The maximum Gasteiger partial charge on any atom is 0.341 e. The van der Waals surface area contributed by atoms with E-state index >= 15 is 0 Å². The monoisotopic (exact) mass is 460 g/mol. The maximum absolute atomic E-state index is 14.7. The minimum atomic E-state index is -1.08. The Labute approximate surface area is 195 Å². The molecule has 0 atom stereocenters. The minimum absolute atomic E-state index is 0.0896. The molecule has 180 valence electrons. The van der Waals surface area contributed by atoms with Crippen molar-refractivity contribution in [2.45, 2.75) is 52.1 Å². The molecule has 0 aliphatic carbocycles. The van der Waals surface area contributed by atoms with Crippen molar-refractivity contribution in [2.75, 3.05) is 32.8 Å². The zero-order valence-corrected chi connectivity index (χ0v) is 19.8. The molecule has 1 fully saturated rings. The van der Waals surface area contributed by atoms with E-state index in [1.54, 1.807) is 25.3 Å². The van der Waals surface area contributed by atoms with E-state index in [0.717, 1.165) is 25.9 Å². The number of halogens is 2. The largest absolute Gasteiger partial charge is 0.492 e. The number of rotatable bonds is 10. The van der Waals surface area contributed by atoms with Crippen molar-refractivity contribution < 1.29 is 23.0 Å². The number of hydrogen-bond donors (Lipinski definition) is 0. The SMILES string of the molecule is CCOC(=O)c1ccc(-c2ccc(OCC3CCN(CC(F)(CC)CC)CC3)cn2)cc1F. The van der Waals surface area contributed by atoms with Gasteiger partial charge in [-0.1, -0.05) is 19.9 Å². The number of nitrogens with zero attached hydrogens (tertiary/aromatic N) is 2. The van der Waals surface area contributed by atoms with Gasteiger partial charge >= 0.3 is 5.97 Å². The summed E-state index contributed by atoms with van der Waals surface area (Å²) in [6, 6.07) is 7.93. The third-order valence-electron chi connectivity index (χ3n) is 6.46. The second-order valence-electron chi connectivity index (χ2n) is 8.68. The molecule has 7 heteroatoms. The molecule has 0 N–H and O–H groups in total. The van der Waals surface area contributed by atoms with Crippen molar-refractivity contribution in [1.29, 1.82) is 0 Å². The number of alkyl halides is 1. The number of pyridine rings is 1. The molecule has 1 aliphatic heterocycles. The number of ether oxygens (including phenoxy) is 2. The molecule has 5 nitrogen and oxygen atoms in total. The summed E-state index contributed by atoms with van der Waals surface area (Å²) in [5.41, 5.74) is -0.0130. The Morgan fingerprint density at radius 1 is 1.15 bits per heavy atom. The highest BCUT2D eigenvalue weighted by Crippen LogP contribution is 2.27. The second kappa shape index (κ2) is 11.5. The average Bonchev–Trinajstić information content (AvgIpc) is 2.84. The van der Waals surface area contributed by atoms with Crippen molar-refractivity contribution in [3.63, 3.8) is 0 Å². The van der Waals surface area contributed by atoms with Crippen LogP contribution in [0.4, 0.5) is 8.78 Å². The maximum atomic E-state index is 14.7. The van der Waals surface area contributed by atoms with E-state index in [9.17, 15) is 13.6 Å². The van der Waals surface area contributed by atoms with E-state index in [1.807, 2.05) is 19.9 Å². The zero-order valence-electron chi connectivity index (χ0n) is 19.8. The molecule has 0 bridgehead atoms. The van der Waals surface area contributed by atoms with E-state index < -0.39 is 17.5 Å². The summed E-state index contributed by atoms with van der Waals surface area (Å²) in [5, 5.41) is 0. The van der Waals surface area contributed by atoms with Crippen LogP contribution in [-0.4, -0.2) is 54.4 Å². The van der Waals surface area contributed by atoms with Crippen LogP contribution in [0.2, 0.25) is 0 Å². The third-order valence-corrected chi connectivity index (χ3v) is 6.46. The number of benzene rings is 1. The fraction of sp³-hybridized carbons (Fsp3) is 0.538. The Morgan fingerprint density at radius 3 is 2.45 bits per heavy atom. The Bertz CT molecular complexity index is 908. The average molecular weight is 461 g/mol. The molecule has 3 rings (SSSR count). The fourth-order valence-corrected chi connectivity index (χ4v) is 4.08. The predicted octanol–water partition coefficient (Wildman–Crippen LogP) is 5.68. The Kier molecular flexibility index (Phi) is 8.78. The van der Waals surface area contributed by atoms with Crippen LogP contribution >= 0.6 is 0 Å². The molecule has 1 aliphatic rings. The van der Waals surface area contributed by atoms with Gasteiger partial charge in [-0.2, -0.15) is 0 Å². The zero-order chi connectivity index (χ0) is 23.8. The van der Waals surface area contributed by atoms with Gasteiger partial charge < -0.3 is 14.4 Å². The van der Waals surface area contributed by atoms with E-state index in [4.69, 9.17) is 9.47 Å². The molecule has 1 aromatic carbocycles. The highest BCUT2D eigenvalue weighted by molar-refractivity contribution is 5.90. The lowest BCUT2D eigenvalue weighted by atomic mass is 9.94. The van der Waals surface area contributed by atoms with Gasteiger partial charge in [0.2, 0.25) is 0 Å². The van der Waals surface area contributed by atoms with Crippen molar-refractivity contribution in [2.24, 2.45) is 5.92 Å². The number of esters is 1. The summed E-state index contributed by atoms with van der Waals surface area (Å²) in [6.07, 6.45) is 4.71. The van der Waals surface area contributed by atoms with Gasteiger partial charge in [0, 0.05) is 12.1 Å². The predicted molar refractivity (Wildman–Crippen MR) is 125 cm³/mol. The first kappa shape index (κ1) is 25.1. The lowest BCUT2D eigenvalue weighted by molar-refractivity contribution is 0.0520. The van der Waals surface area contributed by atoms with E-state index in [0.29, 0.717) is 48.9 Å². The smallest absolute Gasteiger partial charge is 0.341 e. The molecule has 0 unspecified atom stereocenters. The molecule has 2 heterocycles. The normalized spacial score (nSPS) is 15.4. The summed E-state index contributed by atoms with van der Waals surface area (Å²) >= 11 is 0. The molecule has 2 aromatic rings. The summed E-state index contributed by atoms with van der Waals surface area (Å²) in [5.74, 6) is -0.224. The summed E-state index contributed by atoms with van der Waals surface area (Å²) in [7, 11) is 0. The quantitative estimate of drug-likeness (QED) is 0.427. The Morgan fingerprint density at radius 2 is 1.88 bits per heavy atom. The molecular weight excluding hydrogens is 426 g/mol. The molecule has 1 saturated heterocycles. The van der Waals surface area contributed by atoms with Gasteiger partial charge in [-0.15, -0.1) is 0 Å². The van der Waals surface area contributed by atoms with Gasteiger partial charge in [0.25, 0.3) is 0 Å². The highest BCUT2D eigenvalue weighted by atomic mass is 19.1. The molecule has 0 spiro atoms. The summed E-state index contributed by atoms with van der Waals surface area (Å²) in [6.45, 7) is 8.60. The number of likely N-dealkylation sites (tertiary alicyclic amines) is 1. The van der Waals surface area contributed by atoms with E-state index in [1.165, 1.54) is 12.1 Å². The van der Waals surface area contributed by atoms with Crippen LogP contribution in [0.1, 0.15) is 56.8 Å². The minimum Gasteiger partial charge on any atom is -0.492 e. The van der Waals surface area contributed by atoms with Crippen molar-refractivity contribution in [3.8, 4) is 17.0 Å². The standard InChI is InChI=1S/C26H34F2N2O3/c1-4-26(28,5-2)18-30-13-11-19(12-14-30)17-33-21-8-10-24(29-16-21)20-7-9-22(23(27)15-20)25(31)32-6-3/h7-10,15-16,19H,4-6,11-14,17-18H2,1-3H3. The van der Waals surface area contributed by atoms with E-state index in [2.05, 4.69) is 9.88 Å². The van der Waals surface area contributed by atoms with Crippen molar-refractivity contribution in [3.05, 3.63) is 47.9 Å². The van der Waals surface area contributed by atoms with Gasteiger partial charge in [-0.25, -0.2) is 13.6 Å². The lowest BCUT2D eigenvalue weighted by Crippen LogP contribution is -2.44. The number of aromatic nitrogens is 1. The van der Waals surface area contributed by atoms with Gasteiger partial charge in [-0.3, -0.25) is 4.98 Å². The van der Waals surface area contributed by atoms with Crippen LogP contribution < -0.4 is 4.74 Å². The number of piperidine rings is 1. The van der Waals surface area contributed by atoms with Gasteiger partial charge in [0.1, 0.15) is 17.2 Å². The van der Waals surface area contributed by atoms with Gasteiger partial charge in [0.15, 0.2) is 0 Å². The van der Waals surface area contributed by atoms with Crippen LogP contribution in [0.25, 0.3) is 11.3 Å². The highest BCUT2D eigenvalue weighted by Gasteiger charge is 2.30. The lowest BCUT2D eigenvalue weighted by Gasteiger charge is -2.36. The number of carbonyl (C=O) groups is 1. The first-order valence-electron chi connectivity index (χ1n) is 11.8. The molecule has 0 amide bonds. The summed E-state index contributed by atoms with van der Waals surface area (Å²) in [4.78, 5) is 18.4. The van der Waals surface area contributed by atoms with Crippen LogP contribution in [-0.2, 0) is 4.74 Å².